The fourth-order valence-corrected chi connectivity index (χ4v) is 2.58. The van der Waals surface area contributed by atoms with Crippen LogP contribution >= 0.6 is 0 Å². The van der Waals surface area contributed by atoms with Gasteiger partial charge in [-0.1, -0.05) is 43.0 Å². The largest absolute Gasteiger partial charge is 0.478 e. The Hall–Kier alpha value is -2.59. The number of hydrogen-bond donors (Lipinski definition) is 0. The van der Waals surface area contributed by atoms with Gasteiger partial charge < -0.3 is 9.47 Å². The Balaban J connectivity index is 1.67. The predicted octanol–water partition coefficient (Wildman–Crippen LogP) is 3.23. The van der Waals surface area contributed by atoms with Crippen molar-refractivity contribution in [2.75, 3.05) is 19.9 Å². The molecule has 0 spiro atoms. The number of nitrogens with zero attached hydrogens (tertiary/aromatic N) is 1. The molecule has 2 aromatic rings. The smallest absolute Gasteiger partial charge is 0.330 e. The quantitative estimate of drug-likeness (QED) is 0.628. The van der Waals surface area contributed by atoms with E-state index >= 15 is 0 Å². The summed E-state index contributed by atoms with van der Waals surface area (Å²) in [6, 6.07) is 16.5. The fraction of sp³-hybridized carbons (Fsp3) is 0.211. The summed E-state index contributed by atoms with van der Waals surface area (Å²) in [5.74, 6) is 0.527. The van der Waals surface area contributed by atoms with Crippen molar-refractivity contribution in [1.82, 2.24) is 4.90 Å². The van der Waals surface area contributed by atoms with Gasteiger partial charge in [-0.05, 0) is 23.3 Å². The minimum Gasteiger partial charge on any atom is -0.478 e. The average Bonchev–Trinajstić information content (AvgIpc) is 2.61. The number of benzene rings is 2. The molecule has 1 heterocycles. The molecule has 0 fully saturated rings. The normalized spacial score (nSPS) is 13.7. The van der Waals surface area contributed by atoms with Gasteiger partial charge in [0.25, 0.3) is 0 Å². The number of fused-ring (bicyclic) bond motifs is 1. The molecule has 0 radical (unpaired) electrons. The van der Waals surface area contributed by atoms with Gasteiger partial charge in [-0.25, -0.2) is 4.79 Å². The van der Waals surface area contributed by atoms with Crippen LogP contribution in [0.1, 0.15) is 5.56 Å². The van der Waals surface area contributed by atoms with Crippen molar-refractivity contribution in [2.24, 2.45) is 0 Å². The van der Waals surface area contributed by atoms with Crippen LogP contribution in [0.4, 0.5) is 0 Å². The van der Waals surface area contributed by atoms with Crippen LogP contribution in [0.15, 0.2) is 61.2 Å². The lowest BCUT2D eigenvalue weighted by Crippen LogP contribution is -2.34. The maximum atomic E-state index is 11.1. The van der Waals surface area contributed by atoms with Gasteiger partial charge in [-0.15, -0.1) is 0 Å². The topological polar surface area (TPSA) is 38.8 Å². The number of hydrogen-bond acceptors (Lipinski definition) is 4. The Bertz CT molecular complexity index is 697. The molecular weight excluding hydrogens is 290 g/mol. The number of carbonyl (C=O) groups is 1. The van der Waals surface area contributed by atoms with Crippen molar-refractivity contribution in [3.8, 4) is 16.9 Å². The van der Waals surface area contributed by atoms with E-state index in [1.807, 2.05) is 24.3 Å². The van der Waals surface area contributed by atoms with Crippen LogP contribution in [-0.4, -0.2) is 30.8 Å². The summed E-state index contributed by atoms with van der Waals surface area (Å²) < 4.78 is 10.8. The van der Waals surface area contributed by atoms with Crippen molar-refractivity contribution in [1.29, 1.82) is 0 Å². The first-order valence-corrected chi connectivity index (χ1v) is 7.59. The highest BCUT2D eigenvalue weighted by atomic mass is 16.5. The first-order valence-electron chi connectivity index (χ1n) is 7.59. The molecule has 0 saturated heterocycles. The second kappa shape index (κ2) is 7.11. The Morgan fingerprint density at radius 3 is 2.83 bits per heavy atom. The molecule has 0 unspecified atom stereocenters. The molecule has 118 valence electrons. The molecule has 0 saturated carbocycles. The molecule has 0 aromatic heterocycles. The van der Waals surface area contributed by atoms with Crippen LogP contribution in [0.2, 0.25) is 0 Å². The SMILES string of the molecule is C=CC(=O)OCCN1COc2ccc(-c3ccccc3)cc2C1. The molecular formula is C19H19NO3. The minimum absolute atomic E-state index is 0.335. The zero-order valence-electron chi connectivity index (χ0n) is 12.9. The van der Waals surface area contributed by atoms with Crippen molar-refractivity contribution in [3.63, 3.8) is 0 Å². The average molecular weight is 309 g/mol. The van der Waals surface area contributed by atoms with E-state index in [9.17, 15) is 4.79 Å². The highest BCUT2D eigenvalue weighted by Gasteiger charge is 2.18. The van der Waals surface area contributed by atoms with Crippen LogP contribution in [0, 0.1) is 0 Å². The summed E-state index contributed by atoms with van der Waals surface area (Å²) in [5, 5.41) is 0. The summed E-state index contributed by atoms with van der Waals surface area (Å²) in [6.07, 6.45) is 1.17. The number of carbonyl (C=O) groups excluding carboxylic acids is 1. The Morgan fingerprint density at radius 1 is 1.22 bits per heavy atom. The highest BCUT2D eigenvalue weighted by Crippen LogP contribution is 2.30. The van der Waals surface area contributed by atoms with Crippen LogP contribution in [-0.2, 0) is 16.1 Å². The van der Waals surface area contributed by atoms with Crippen LogP contribution < -0.4 is 4.74 Å². The van der Waals surface area contributed by atoms with Crippen molar-refractivity contribution < 1.29 is 14.3 Å². The summed E-state index contributed by atoms with van der Waals surface area (Å²) in [5.41, 5.74) is 3.51. The van der Waals surface area contributed by atoms with Crippen LogP contribution in [0.5, 0.6) is 5.75 Å². The molecule has 1 aliphatic rings. The summed E-state index contributed by atoms with van der Waals surface area (Å²) in [4.78, 5) is 13.2. The van der Waals surface area contributed by atoms with Crippen molar-refractivity contribution in [3.05, 3.63) is 66.7 Å². The molecule has 4 nitrogen and oxygen atoms in total. The maximum Gasteiger partial charge on any atom is 0.330 e. The van der Waals surface area contributed by atoms with Crippen molar-refractivity contribution in [2.45, 2.75) is 6.54 Å². The highest BCUT2D eigenvalue weighted by molar-refractivity contribution is 5.81. The molecule has 2 aromatic carbocycles. The predicted molar refractivity (Wildman–Crippen MR) is 88.9 cm³/mol. The monoisotopic (exact) mass is 309 g/mol. The van der Waals surface area contributed by atoms with E-state index in [1.54, 1.807) is 0 Å². The zero-order chi connectivity index (χ0) is 16.1. The Morgan fingerprint density at radius 2 is 2.04 bits per heavy atom. The van der Waals surface area contributed by atoms with Gasteiger partial charge in [-0.3, -0.25) is 4.90 Å². The number of esters is 1. The van der Waals surface area contributed by atoms with Gasteiger partial charge in [0.1, 0.15) is 19.1 Å². The van der Waals surface area contributed by atoms with Gasteiger partial charge in [0.05, 0.1) is 0 Å². The van der Waals surface area contributed by atoms with E-state index < -0.39 is 5.97 Å². The first kappa shape index (κ1) is 15.3. The molecule has 4 heteroatoms. The fourth-order valence-electron chi connectivity index (χ4n) is 2.58. The van der Waals surface area contributed by atoms with E-state index in [4.69, 9.17) is 9.47 Å². The van der Waals surface area contributed by atoms with Gasteiger partial charge in [0, 0.05) is 24.7 Å². The molecule has 23 heavy (non-hydrogen) atoms. The lowest BCUT2D eigenvalue weighted by Gasteiger charge is -2.29. The van der Waals surface area contributed by atoms with Gasteiger partial charge in [0.2, 0.25) is 0 Å². The number of rotatable bonds is 5. The molecule has 0 N–H and O–H groups in total. The molecule has 0 bridgehead atoms. The summed E-state index contributed by atoms with van der Waals surface area (Å²) in [7, 11) is 0. The Labute approximate surface area is 135 Å². The standard InChI is InChI=1S/C19H19NO3/c1-2-19(21)22-11-10-20-13-17-12-16(8-9-18(17)23-14-20)15-6-4-3-5-7-15/h2-9,12H,1,10-11,13-14H2. The molecule has 0 amide bonds. The second-order valence-corrected chi connectivity index (χ2v) is 5.39. The second-order valence-electron chi connectivity index (χ2n) is 5.39. The first-order chi connectivity index (χ1) is 11.3. The van der Waals surface area contributed by atoms with Crippen LogP contribution in [0.3, 0.4) is 0 Å². The lowest BCUT2D eigenvalue weighted by atomic mass is 10.0. The lowest BCUT2D eigenvalue weighted by molar-refractivity contribution is -0.138. The maximum absolute atomic E-state index is 11.1. The van der Waals surface area contributed by atoms with Gasteiger partial charge >= 0.3 is 5.97 Å². The summed E-state index contributed by atoms with van der Waals surface area (Å²) >= 11 is 0. The number of ether oxygens (including phenoxy) is 2. The third-order valence-electron chi connectivity index (χ3n) is 3.78. The minimum atomic E-state index is -0.394. The molecule has 0 aliphatic carbocycles. The Kier molecular flexibility index (Phi) is 4.74. The van der Waals surface area contributed by atoms with E-state index in [-0.39, 0.29) is 0 Å². The third-order valence-corrected chi connectivity index (χ3v) is 3.78. The van der Waals surface area contributed by atoms with E-state index in [0.29, 0.717) is 19.9 Å². The van der Waals surface area contributed by atoms with E-state index in [0.717, 1.165) is 17.9 Å². The van der Waals surface area contributed by atoms with Crippen LogP contribution in [0.25, 0.3) is 11.1 Å². The van der Waals surface area contributed by atoms with E-state index in [2.05, 4.69) is 35.7 Å². The molecule has 1 aliphatic heterocycles. The van der Waals surface area contributed by atoms with Crippen molar-refractivity contribution >= 4 is 5.97 Å². The molecule has 3 rings (SSSR count). The molecule has 0 atom stereocenters. The van der Waals surface area contributed by atoms with Gasteiger partial charge in [-0.2, -0.15) is 0 Å². The zero-order valence-corrected chi connectivity index (χ0v) is 12.9. The summed E-state index contributed by atoms with van der Waals surface area (Å²) in [6.45, 7) is 5.63. The van der Waals surface area contributed by atoms with Gasteiger partial charge in [0.15, 0.2) is 0 Å². The third kappa shape index (κ3) is 3.79. The van der Waals surface area contributed by atoms with E-state index in [1.165, 1.54) is 17.2 Å².